The molecule has 0 aliphatic heterocycles. The van der Waals surface area contributed by atoms with Crippen LogP contribution in [0.15, 0.2) is 53.4 Å². The van der Waals surface area contributed by atoms with E-state index in [4.69, 9.17) is 0 Å². The first-order valence-electron chi connectivity index (χ1n) is 11.5. The van der Waals surface area contributed by atoms with Crippen LogP contribution in [0.1, 0.15) is 70.4 Å². The van der Waals surface area contributed by atoms with Crippen LogP contribution in [0.3, 0.4) is 0 Å². The Hall–Kier alpha value is -2.11. The Labute approximate surface area is 188 Å². The minimum Gasteiger partial charge on any atom is -0.377 e. The lowest BCUT2D eigenvalue weighted by Gasteiger charge is -2.24. The van der Waals surface area contributed by atoms with Crippen LogP contribution in [0.5, 0.6) is 0 Å². The van der Waals surface area contributed by atoms with E-state index in [1.807, 2.05) is 19.1 Å². The summed E-state index contributed by atoms with van der Waals surface area (Å²) >= 11 is 0. The van der Waals surface area contributed by atoms with Gasteiger partial charge < -0.3 is 10.0 Å². The molecule has 31 heavy (non-hydrogen) atoms. The third-order valence-corrected chi connectivity index (χ3v) is 7.27. The molecule has 0 radical (unpaired) electrons. The zero-order valence-electron chi connectivity index (χ0n) is 19.1. The lowest BCUT2D eigenvalue weighted by atomic mass is 10.1. The molecule has 4 nitrogen and oxygen atoms in total. The second-order valence-corrected chi connectivity index (χ2v) is 10.1. The van der Waals surface area contributed by atoms with E-state index in [1.165, 1.54) is 31.4 Å². The van der Waals surface area contributed by atoms with Gasteiger partial charge in [-0.25, -0.2) is 8.42 Å². The molecule has 1 atom stereocenters. The third-order valence-electron chi connectivity index (χ3n) is 5.39. The van der Waals surface area contributed by atoms with E-state index in [2.05, 4.69) is 43.0 Å². The average Bonchev–Trinajstić information content (AvgIpc) is 2.78. The fourth-order valence-corrected chi connectivity index (χ4v) is 4.76. The Bertz CT molecular complexity index is 895. The molecule has 0 heterocycles. The number of hydrogen-bond donors (Lipinski definition) is 1. The van der Waals surface area contributed by atoms with E-state index < -0.39 is 15.3 Å². The molecule has 0 fully saturated rings. The molecule has 1 N–H and O–H groups in total. The van der Waals surface area contributed by atoms with E-state index in [0.29, 0.717) is 6.42 Å². The molecule has 0 aliphatic carbocycles. The number of benzene rings is 2. The molecule has 0 amide bonds. The molecule has 0 aromatic heterocycles. The van der Waals surface area contributed by atoms with Crippen molar-refractivity contribution in [3.8, 4) is 0 Å². The van der Waals surface area contributed by atoms with Crippen molar-refractivity contribution in [1.82, 2.24) is 0 Å². The van der Waals surface area contributed by atoms with Crippen molar-refractivity contribution >= 4 is 27.7 Å². The largest absolute Gasteiger partial charge is 0.377 e. The van der Waals surface area contributed by atoms with E-state index in [-0.39, 0.29) is 11.3 Å². The molecule has 2 aromatic carbocycles. The van der Waals surface area contributed by atoms with Crippen LogP contribution in [0.25, 0.3) is 12.2 Å². The molecule has 1 unspecified atom stereocenters. The van der Waals surface area contributed by atoms with E-state index in [9.17, 15) is 13.5 Å². The standard InChI is InChI=1S/C26H37NO3S/c1-4-7-20-27(21-8-5-2)24-16-12-22(13-17-24)10-11-23-14-18-25(19-15-23)31(29,30)26(28)9-6-3/h10-19,26,28H,4-9,20-21H2,1-3H3. The molecule has 0 bridgehead atoms. The monoisotopic (exact) mass is 443 g/mol. The lowest BCUT2D eigenvalue weighted by Crippen LogP contribution is -2.25. The topological polar surface area (TPSA) is 57.6 Å². The Balaban J connectivity index is 2.06. The first-order chi connectivity index (χ1) is 14.9. The van der Waals surface area contributed by atoms with Crippen molar-refractivity contribution in [2.75, 3.05) is 18.0 Å². The Kier molecular flexibility index (Phi) is 10.3. The molecule has 5 heteroatoms. The highest BCUT2D eigenvalue weighted by Gasteiger charge is 2.23. The summed E-state index contributed by atoms with van der Waals surface area (Å²) in [4.78, 5) is 2.63. The number of aliphatic hydroxyl groups is 1. The van der Waals surface area contributed by atoms with Crippen LogP contribution in [-0.2, 0) is 9.84 Å². The highest BCUT2D eigenvalue weighted by molar-refractivity contribution is 7.91. The molecule has 170 valence electrons. The second-order valence-electron chi connectivity index (χ2n) is 7.98. The number of hydrogen-bond acceptors (Lipinski definition) is 4. The van der Waals surface area contributed by atoms with E-state index in [1.54, 1.807) is 24.3 Å². The van der Waals surface area contributed by atoms with Crippen molar-refractivity contribution in [2.45, 2.75) is 69.6 Å². The zero-order valence-corrected chi connectivity index (χ0v) is 19.9. The molecule has 0 saturated carbocycles. The van der Waals surface area contributed by atoms with Crippen molar-refractivity contribution in [3.05, 3.63) is 59.7 Å². The number of rotatable bonds is 13. The van der Waals surface area contributed by atoms with Crippen LogP contribution in [-0.4, -0.2) is 32.0 Å². The van der Waals surface area contributed by atoms with Gasteiger partial charge in [0.05, 0.1) is 4.90 Å². The minimum atomic E-state index is -3.68. The van der Waals surface area contributed by atoms with Crippen LogP contribution >= 0.6 is 0 Å². The lowest BCUT2D eigenvalue weighted by molar-refractivity contribution is 0.237. The van der Waals surface area contributed by atoms with Gasteiger partial charge in [0.15, 0.2) is 5.44 Å². The van der Waals surface area contributed by atoms with Gasteiger partial charge >= 0.3 is 0 Å². The van der Waals surface area contributed by atoms with Gasteiger partial charge in [0.1, 0.15) is 0 Å². The Morgan fingerprint density at radius 3 is 1.74 bits per heavy atom. The van der Waals surface area contributed by atoms with E-state index in [0.717, 1.165) is 24.2 Å². The van der Waals surface area contributed by atoms with Gasteiger partial charge in [0, 0.05) is 18.8 Å². The number of nitrogens with zero attached hydrogens (tertiary/aromatic N) is 1. The molecule has 2 rings (SSSR count). The molecular weight excluding hydrogens is 406 g/mol. The number of anilines is 1. The molecule has 2 aromatic rings. The fraction of sp³-hybridized carbons (Fsp3) is 0.462. The smallest absolute Gasteiger partial charge is 0.204 e. The third kappa shape index (κ3) is 7.51. The maximum Gasteiger partial charge on any atom is 0.204 e. The van der Waals surface area contributed by atoms with E-state index >= 15 is 0 Å². The van der Waals surface area contributed by atoms with Gasteiger partial charge in [-0.1, -0.05) is 76.5 Å². The van der Waals surface area contributed by atoms with Crippen molar-refractivity contribution in [3.63, 3.8) is 0 Å². The summed E-state index contributed by atoms with van der Waals surface area (Å²) in [6, 6.07) is 15.3. The van der Waals surface area contributed by atoms with Crippen molar-refractivity contribution < 1.29 is 13.5 Å². The van der Waals surface area contributed by atoms with Crippen molar-refractivity contribution in [2.24, 2.45) is 0 Å². The SMILES string of the molecule is CCCCN(CCCC)c1ccc(C=Cc2ccc(S(=O)(=O)C(O)CCC)cc2)cc1. The second kappa shape index (κ2) is 12.7. The van der Waals surface area contributed by atoms with Gasteiger partial charge in [-0.2, -0.15) is 0 Å². The maximum atomic E-state index is 12.4. The average molecular weight is 444 g/mol. The molecular formula is C26H37NO3S. The maximum absolute atomic E-state index is 12.4. The van der Waals surface area contributed by atoms with Crippen molar-refractivity contribution in [1.29, 1.82) is 0 Å². The molecule has 0 spiro atoms. The van der Waals surface area contributed by atoms with Crippen LogP contribution < -0.4 is 4.90 Å². The predicted octanol–water partition coefficient (Wildman–Crippen LogP) is 6.16. The fourth-order valence-electron chi connectivity index (χ4n) is 3.38. The predicted molar refractivity (Wildman–Crippen MR) is 132 cm³/mol. The van der Waals surface area contributed by atoms with Gasteiger partial charge in [0.2, 0.25) is 9.84 Å². The summed E-state index contributed by atoms with van der Waals surface area (Å²) < 4.78 is 24.7. The molecule has 0 saturated heterocycles. The highest BCUT2D eigenvalue weighted by Crippen LogP contribution is 2.21. The number of sulfone groups is 1. The van der Waals surface area contributed by atoms with Gasteiger partial charge in [0.25, 0.3) is 0 Å². The van der Waals surface area contributed by atoms with Crippen LogP contribution in [0, 0.1) is 0 Å². The van der Waals surface area contributed by atoms with Gasteiger partial charge in [-0.3, -0.25) is 0 Å². The number of aliphatic hydroxyl groups excluding tert-OH is 1. The normalized spacial score (nSPS) is 12.9. The van der Waals surface area contributed by atoms with Gasteiger partial charge in [-0.15, -0.1) is 0 Å². The minimum absolute atomic E-state index is 0.161. The summed E-state index contributed by atoms with van der Waals surface area (Å²) in [5.41, 5.74) is 1.94. The highest BCUT2D eigenvalue weighted by atomic mass is 32.2. The summed E-state index contributed by atoms with van der Waals surface area (Å²) in [6.45, 7) is 8.48. The summed E-state index contributed by atoms with van der Waals surface area (Å²) in [7, 11) is -3.68. The quantitative estimate of drug-likeness (QED) is 0.377. The van der Waals surface area contributed by atoms with Gasteiger partial charge in [-0.05, 0) is 54.7 Å². The van der Waals surface area contributed by atoms with Crippen LogP contribution in [0.2, 0.25) is 0 Å². The van der Waals surface area contributed by atoms with Crippen LogP contribution in [0.4, 0.5) is 5.69 Å². The Morgan fingerprint density at radius 1 is 0.806 bits per heavy atom. The Morgan fingerprint density at radius 2 is 1.29 bits per heavy atom. The zero-order chi connectivity index (χ0) is 22.7. The summed E-state index contributed by atoms with van der Waals surface area (Å²) in [5, 5.41) is 9.90. The number of unbranched alkanes of at least 4 members (excludes halogenated alkanes) is 2. The first-order valence-corrected chi connectivity index (χ1v) is 13.0. The summed E-state index contributed by atoms with van der Waals surface area (Å²) in [6.07, 6.45) is 9.66. The first kappa shape index (κ1) is 25.2. The summed E-state index contributed by atoms with van der Waals surface area (Å²) in [5.74, 6) is 0. The molecule has 0 aliphatic rings.